The van der Waals surface area contributed by atoms with Crippen molar-refractivity contribution in [2.24, 2.45) is 10.7 Å². The summed E-state index contributed by atoms with van der Waals surface area (Å²) in [5.74, 6) is 0.588. The van der Waals surface area contributed by atoms with Crippen LogP contribution in [0.2, 0.25) is 0 Å². The number of hydrogen-bond acceptors (Lipinski definition) is 7. The number of amidine groups is 1. The van der Waals surface area contributed by atoms with Crippen molar-refractivity contribution < 1.29 is 17.9 Å². The third-order valence-corrected chi connectivity index (χ3v) is 6.20. The lowest BCUT2D eigenvalue weighted by Crippen LogP contribution is -2.50. The number of terminal acetylenes is 1. The Labute approximate surface area is 221 Å². The molecular weight excluding hydrogens is 493 g/mol. The van der Waals surface area contributed by atoms with Gasteiger partial charge in [0.1, 0.15) is 11.9 Å². The predicted octanol–water partition coefficient (Wildman–Crippen LogP) is 4.19. The predicted molar refractivity (Wildman–Crippen MR) is 146 cm³/mol. The number of allylic oxidation sites excluding steroid dienone is 3. The molecule has 2 aromatic rings. The van der Waals surface area contributed by atoms with Gasteiger partial charge in [-0.25, -0.2) is 4.99 Å². The van der Waals surface area contributed by atoms with E-state index in [2.05, 4.69) is 28.0 Å². The standard InChI is InChI=1S/C26H31F3N6O.C2H2/c1-18-16-35(11-12-36-18)17-23-33-25(32-21-8-4-3-5-9-21)24-22(34(23)2)14-19(15-31-24)13-20(7-6-10-30)26(27,28)29;1-2/h3-10,14-15,18,23H,11-13,16-17,30H2,1-2H3,(H,32,33);1-2H/b10-6-,20-7+;/t18-,23?;/m0./s1. The Morgan fingerprint density at radius 2 is 2.00 bits per heavy atom. The van der Waals surface area contributed by atoms with Crippen molar-refractivity contribution in [3.05, 3.63) is 77.8 Å². The fraction of sp³-hybridized carbons (Fsp3) is 0.357. The summed E-state index contributed by atoms with van der Waals surface area (Å²) in [4.78, 5) is 13.8. The van der Waals surface area contributed by atoms with Crippen molar-refractivity contribution in [3.8, 4) is 12.8 Å². The highest BCUT2D eigenvalue weighted by molar-refractivity contribution is 6.11. The van der Waals surface area contributed by atoms with E-state index in [1.54, 1.807) is 6.07 Å². The molecule has 0 saturated carbocycles. The van der Waals surface area contributed by atoms with Gasteiger partial charge in [0.15, 0.2) is 5.84 Å². The zero-order valence-electron chi connectivity index (χ0n) is 21.5. The Kier molecular flexibility index (Phi) is 9.93. The van der Waals surface area contributed by atoms with Gasteiger partial charge in [-0.15, -0.1) is 12.8 Å². The van der Waals surface area contributed by atoms with E-state index >= 15 is 0 Å². The number of para-hydroxylation sites is 1. The van der Waals surface area contributed by atoms with Crippen molar-refractivity contribution in [1.29, 1.82) is 0 Å². The molecule has 1 fully saturated rings. The van der Waals surface area contributed by atoms with E-state index in [4.69, 9.17) is 15.5 Å². The van der Waals surface area contributed by atoms with Crippen LogP contribution in [0.15, 0.2) is 71.5 Å². The van der Waals surface area contributed by atoms with Gasteiger partial charge in [-0.3, -0.25) is 9.88 Å². The van der Waals surface area contributed by atoms with E-state index in [0.717, 1.165) is 36.7 Å². The number of pyridine rings is 1. The summed E-state index contributed by atoms with van der Waals surface area (Å²) < 4.78 is 46.4. The molecule has 2 aliphatic rings. The Balaban J connectivity index is 0.00000195. The second-order valence-electron chi connectivity index (χ2n) is 8.96. The molecule has 1 saturated heterocycles. The highest BCUT2D eigenvalue weighted by Gasteiger charge is 2.34. The number of nitrogens with two attached hydrogens (primary N) is 1. The molecule has 4 rings (SSSR count). The second-order valence-corrected chi connectivity index (χ2v) is 8.96. The lowest BCUT2D eigenvalue weighted by molar-refractivity contribution is -0.0931. The van der Waals surface area contributed by atoms with Crippen LogP contribution in [0, 0.1) is 12.8 Å². The molecule has 3 heterocycles. The van der Waals surface area contributed by atoms with E-state index in [-0.39, 0.29) is 18.7 Å². The largest absolute Gasteiger partial charge is 0.413 e. The van der Waals surface area contributed by atoms with Crippen LogP contribution in [0.25, 0.3) is 0 Å². The van der Waals surface area contributed by atoms with Crippen LogP contribution in [0.1, 0.15) is 18.2 Å². The summed E-state index contributed by atoms with van der Waals surface area (Å²) in [7, 11) is 1.90. The minimum atomic E-state index is -4.47. The molecule has 0 spiro atoms. The third kappa shape index (κ3) is 7.37. The summed E-state index contributed by atoms with van der Waals surface area (Å²) in [6, 6.07) is 11.4. The number of morpholine rings is 1. The molecule has 1 aromatic heterocycles. The number of benzene rings is 1. The zero-order chi connectivity index (χ0) is 27.7. The molecule has 1 unspecified atom stereocenters. The van der Waals surface area contributed by atoms with Gasteiger partial charge in [-0.1, -0.05) is 24.3 Å². The van der Waals surface area contributed by atoms with Crippen molar-refractivity contribution >= 4 is 17.2 Å². The maximum atomic E-state index is 13.6. The maximum Gasteiger partial charge on any atom is 0.413 e. The van der Waals surface area contributed by atoms with E-state index in [1.165, 1.54) is 12.3 Å². The number of aliphatic imine (C=N–C) groups is 1. The molecule has 2 aliphatic heterocycles. The molecule has 0 aliphatic carbocycles. The summed E-state index contributed by atoms with van der Waals surface area (Å²) in [5, 5.41) is 3.35. The molecular formula is C28H33F3N6O. The number of anilines is 2. The van der Waals surface area contributed by atoms with Gasteiger partial charge in [0, 0.05) is 50.6 Å². The summed E-state index contributed by atoms with van der Waals surface area (Å²) >= 11 is 0. The summed E-state index contributed by atoms with van der Waals surface area (Å²) in [6.45, 7) is 4.94. The Hall–Kier alpha value is -3.81. The van der Waals surface area contributed by atoms with Crippen LogP contribution >= 0.6 is 0 Å². The number of alkyl halides is 3. The number of hydrogen-bond donors (Lipinski definition) is 2. The number of aromatic nitrogens is 1. The topological polar surface area (TPSA) is 79.0 Å². The zero-order valence-corrected chi connectivity index (χ0v) is 21.5. The number of nitrogens with zero attached hydrogens (tertiary/aromatic N) is 4. The van der Waals surface area contributed by atoms with E-state index < -0.39 is 11.7 Å². The molecule has 7 nitrogen and oxygen atoms in total. The Morgan fingerprint density at radius 1 is 1.26 bits per heavy atom. The minimum Gasteiger partial charge on any atom is -0.405 e. The average Bonchev–Trinajstić information content (AvgIpc) is 2.90. The second kappa shape index (κ2) is 13.1. The third-order valence-electron chi connectivity index (χ3n) is 6.20. The van der Waals surface area contributed by atoms with E-state index in [1.807, 2.05) is 49.2 Å². The van der Waals surface area contributed by atoms with Crippen LogP contribution in [-0.4, -0.2) is 67.5 Å². The summed E-state index contributed by atoms with van der Waals surface area (Å²) in [5.41, 5.74) is 7.19. The normalized spacial score (nSPS) is 20.3. The quantitative estimate of drug-likeness (QED) is 0.434. The van der Waals surface area contributed by atoms with Crippen LogP contribution in [0.4, 0.5) is 24.5 Å². The van der Waals surface area contributed by atoms with Gasteiger partial charge in [0.2, 0.25) is 0 Å². The fourth-order valence-electron chi connectivity index (χ4n) is 4.35. The Bertz CT molecular complexity index is 1180. The van der Waals surface area contributed by atoms with Crippen molar-refractivity contribution in [2.75, 3.05) is 43.5 Å². The highest BCUT2D eigenvalue weighted by Crippen LogP contribution is 2.32. The van der Waals surface area contributed by atoms with Crippen LogP contribution in [0.5, 0.6) is 0 Å². The number of ether oxygens (including phenoxy) is 1. The molecule has 1 aromatic carbocycles. The first kappa shape index (κ1) is 28.8. The fourth-order valence-corrected chi connectivity index (χ4v) is 4.35. The van der Waals surface area contributed by atoms with Gasteiger partial charge in [0.25, 0.3) is 0 Å². The average molecular weight is 527 g/mol. The molecule has 10 heteroatoms. The molecule has 2 atom stereocenters. The molecule has 0 radical (unpaired) electrons. The molecule has 3 N–H and O–H groups in total. The molecule has 202 valence electrons. The van der Waals surface area contributed by atoms with E-state index in [9.17, 15) is 13.2 Å². The van der Waals surface area contributed by atoms with Crippen molar-refractivity contribution in [1.82, 2.24) is 9.88 Å². The van der Waals surface area contributed by atoms with Gasteiger partial charge in [-0.2, -0.15) is 13.2 Å². The van der Waals surface area contributed by atoms with Crippen molar-refractivity contribution in [2.45, 2.75) is 31.8 Å². The number of halogens is 3. The molecule has 0 bridgehead atoms. The maximum absolute atomic E-state index is 13.6. The smallest absolute Gasteiger partial charge is 0.405 e. The van der Waals surface area contributed by atoms with Gasteiger partial charge in [0.05, 0.1) is 18.4 Å². The lowest BCUT2D eigenvalue weighted by atomic mass is 10.0. The van der Waals surface area contributed by atoms with Gasteiger partial charge < -0.3 is 20.7 Å². The molecule has 38 heavy (non-hydrogen) atoms. The van der Waals surface area contributed by atoms with Gasteiger partial charge >= 0.3 is 6.18 Å². The minimum absolute atomic E-state index is 0.134. The van der Waals surface area contributed by atoms with E-state index in [0.29, 0.717) is 30.2 Å². The number of rotatable bonds is 6. The number of fused-ring (bicyclic) bond motifs is 1. The number of likely N-dealkylation sites (N-methyl/N-ethyl adjacent to an activating group) is 1. The first-order valence-electron chi connectivity index (χ1n) is 12.2. The highest BCUT2D eigenvalue weighted by atomic mass is 19.4. The van der Waals surface area contributed by atoms with Gasteiger partial charge in [-0.05, 0) is 43.0 Å². The van der Waals surface area contributed by atoms with Crippen molar-refractivity contribution in [3.63, 3.8) is 0 Å². The first-order chi connectivity index (χ1) is 18.2. The SMILES string of the molecule is C#C.C[C@H]1CN(CC2N=C(Nc3ccccc3)c3ncc(C/C(=C\C=C/N)C(F)(F)F)cc3N2C)CCO1. The Morgan fingerprint density at radius 3 is 2.66 bits per heavy atom. The van der Waals surface area contributed by atoms with Crippen LogP contribution in [0.3, 0.4) is 0 Å². The molecule has 0 amide bonds. The first-order valence-corrected chi connectivity index (χ1v) is 12.2. The monoisotopic (exact) mass is 526 g/mol. The number of nitrogens with one attached hydrogen (secondary N) is 1. The lowest BCUT2D eigenvalue weighted by Gasteiger charge is -2.38. The van der Waals surface area contributed by atoms with Crippen LogP contribution < -0.4 is 16.0 Å². The summed E-state index contributed by atoms with van der Waals surface area (Å²) in [6.07, 6.45) is 7.84. The van der Waals surface area contributed by atoms with Crippen LogP contribution in [-0.2, 0) is 11.2 Å².